The first-order valence-electron chi connectivity index (χ1n) is 3.39. The number of aliphatic hydroxyl groups is 1. The highest BCUT2D eigenvalue weighted by Crippen LogP contribution is 2.15. The standard InChI is InChI=1S/C7H15NO2/c1-7(2,5-8)6(10)3-4-9/h9H,3-5,8H2,1-2H3. The first-order valence-corrected chi connectivity index (χ1v) is 3.39. The van der Waals surface area contributed by atoms with Crippen LogP contribution in [0.2, 0.25) is 0 Å². The van der Waals surface area contributed by atoms with E-state index in [0.717, 1.165) is 0 Å². The van der Waals surface area contributed by atoms with E-state index in [4.69, 9.17) is 10.8 Å². The van der Waals surface area contributed by atoms with Crippen LogP contribution in [-0.4, -0.2) is 24.0 Å². The molecule has 0 aromatic heterocycles. The van der Waals surface area contributed by atoms with Crippen molar-refractivity contribution in [3.63, 3.8) is 0 Å². The molecule has 0 heterocycles. The molecule has 3 nitrogen and oxygen atoms in total. The highest BCUT2D eigenvalue weighted by Gasteiger charge is 2.24. The van der Waals surface area contributed by atoms with Gasteiger partial charge in [0, 0.05) is 25.0 Å². The molecule has 0 bridgehead atoms. The molecule has 0 fully saturated rings. The van der Waals surface area contributed by atoms with Crippen molar-refractivity contribution in [1.82, 2.24) is 0 Å². The predicted octanol–water partition coefficient (Wildman–Crippen LogP) is -0.0772. The topological polar surface area (TPSA) is 63.3 Å². The van der Waals surface area contributed by atoms with Crippen LogP contribution in [0.25, 0.3) is 0 Å². The number of hydrogen-bond acceptors (Lipinski definition) is 3. The van der Waals surface area contributed by atoms with Gasteiger partial charge in [0.1, 0.15) is 5.78 Å². The number of hydrogen-bond donors (Lipinski definition) is 2. The van der Waals surface area contributed by atoms with E-state index in [1.807, 2.05) is 0 Å². The normalized spacial score (nSPS) is 11.6. The molecule has 0 aromatic rings. The fraction of sp³-hybridized carbons (Fsp3) is 0.857. The minimum atomic E-state index is -0.470. The van der Waals surface area contributed by atoms with Crippen molar-refractivity contribution in [2.45, 2.75) is 20.3 Å². The summed E-state index contributed by atoms with van der Waals surface area (Å²) in [6, 6.07) is 0. The Bertz CT molecular complexity index is 121. The second-order valence-corrected chi connectivity index (χ2v) is 2.98. The van der Waals surface area contributed by atoms with E-state index in [-0.39, 0.29) is 18.8 Å². The Labute approximate surface area is 61.2 Å². The zero-order chi connectivity index (χ0) is 8.20. The van der Waals surface area contributed by atoms with Gasteiger partial charge in [-0.2, -0.15) is 0 Å². The first kappa shape index (κ1) is 9.59. The van der Waals surface area contributed by atoms with Crippen LogP contribution < -0.4 is 5.73 Å². The van der Waals surface area contributed by atoms with Gasteiger partial charge in [-0.15, -0.1) is 0 Å². The number of nitrogens with two attached hydrogens (primary N) is 1. The highest BCUT2D eigenvalue weighted by molar-refractivity contribution is 5.84. The Morgan fingerprint density at radius 2 is 2.10 bits per heavy atom. The van der Waals surface area contributed by atoms with Crippen LogP contribution in [0.3, 0.4) is 0 Å². The monoisotopic (exact) mass is 145 g/mol. The summed E-state index contributed by atoms with van der Waals surface area (Å²) in [7, 11) is 0. The first-order chi connectivity index (χ1) is 4.54. The second kappa shape index (κ2) is 3.68. The quantitative estimate of drug-likeness (QED) is 0.581. The summed E-state index contributed by atoms with van der Waals surface area (Å²) in [6.45, 7) is 3.82. The Morgan fingerprint density at radius 1 is 1.60 bits per heavy atom. The summed E-state index contributed by atoms with van der Waals surface area (Å²) in [4.78, 5) is 11.1. The molecule has 0 saturated carbocycles. The van der Waals surface area contributed by atoms with Gasteiger partial charge in [0.05, 0.1) is 0 Å². The number of rotatable bonds is 4. The minimum absolute atomic E-state index is 0.0255. The van der Waals surface area contributed by atoms with Crippen molar-refractivity contribution in [1.29, 1.82) is 0 Å². The zero-order valence-electron chi connectivity index (χ0n) is 6.55. The van der Waals surface area contributed by atoms with Gasteiger partial charge in [-0.05, 0) is 0 Å². The summed E-state index contributed by atoms with van der Waals surface area (Å²) in [5, 5.41) is 8.43. The van der Waals surface area contributed by atoms with Crippen molar-refractivity contribution < 1.29 is 9.90 Å². The Hall–Kier alpha value is -0.410. The molecule has 0 spiro atoms. The van der Waals surface area contributed by atoms with Crippen LogP contribution in [0.1, 0.15) is 20.3 Å². The molecule has 0 radical (unpaired) electrons. The summed E-state index contributed by atoms with van der Waals surface area (Å²) in [6.07, 6.45) is 0.212. The average molecular weight is 145 g/mol. The van der Waals surface area contributed by atoms with Gasteiger partial charge < -0.3 is 10.8 Å². The molecule has 0 aliphatic rings. The van der Waals surface area contributed by atoms with E-state index >= 15 is 0 Å². The van der Waals surface area contributed by atoms with Crippen molar-refractivity contribution in [2.24, 2.45) is 11.1 Å². The Kier molecular flexibility index (Phi) is 3.53. The number of Topliss-reactive ketones (excluding diaryl/α,β-unsaturated/α-hetero) is 1. The summed E-state index contributed by atoms with van der Waals surface area (Å²) >= 11 is 0. The van der Waals surface area contributed by atoms with Crippen molar-refractivity contribution in [3.05, 3.63) is 0 Å². The summed E-state index contributed by atoms with van der Waals surface area (Å²) in [5.41, 5.74) is 4.87. The molecule has 0 aliphatic heterocycles. The molecule has 10 heavy (non-hydrogen) atoms. The molecule has 0 aliphatic carbocycles. The average Bonchev–Trinajstić information content (AvgIpc) is 1.89. The number of carbonyl (C=O) groups is 1. The molecule has 3 heteroatoms. The maximum atomic E-state index is 11.1. The lowest BCUT2D eigenvalue weighted by Gasteiger charge is -2.19. The summed E-state index contributed by atoms with van der Waals surface area (Å²) < 4.78 is 0. The molecular formula is C7H15NO2. The molecule has 3 N–H and O–H groups in total. The van der Waals surface area contributed by atoms with Gasteiger partial charge in [0.2, 0.25) is 0 Å². The molecule has 60 valence electrons. The van der Waals surface area contributed by atoms with Gasteiger partial charge in [-0.1, -0.05) is 13.8 Å². The SMILES string of the molecule is CC(C)(CN)C(=O)CCO. The number of aliphatic hydroxyl groups excluding tert-OH is 1. The van der Waals surface area contributed by atoms with Crippen molar-refractivity contribution in [3.8, 4) is 0 Å². The maximum absolute atomic E-state index is 11.1. The van der Waals surface area contributed by atoms with E-state index in [2.05, 4.69) is 0 Å². The van der Waals surface area contributed by atoms with Crippen LogP contribution in [0.5, 0.6) is 0 Å². The second-order valence-electron chi connectivity index (χ2n) is 2.98. The van der Waals surface area contributed by atoms with Crippen LogP contribution in [0.4, 0.5) is 0 Å². The lowest BCUT2D eigenvalue weighted by molar-refractivity contribution is -0.127. The highest BCUT2D eigenvalue weighted by atomic mass is 16.3. The van der Waals surface area contributed by atoms with Crippen LogP contribution in [-0.2, 0) is 4.79 Å². The molecular weight excluding hydrogens is 130 g/mol. The maximum Gasteiger partial charge on any atom is 0.142 e. The van der Waals surface area contributed by atoms with E-state index < -0.39 is 5.41 Å². The van der Waals surface area contributed by atoms with Crippen LogP contribution in [0, 0.1) is 5.41 Å². The molecule has 0 rings (SSSR count). The van der Waals surface area contributed by atoms with E-state index in [1.54, 1.807) is 13.8 Å². The van der Waals surface area contributed by atoms with Crippen molar-refractivity contribution >= 4 is 5.78 Å². The van der Waals surface area contributed by atoms with Gasteiger partial charge in [-0.25, -0.2) is 0 Å². The van der Waals surface area contributed by atoms with E-state index in [1.165, 1.54) is 0 Å². The largest absolute Gasteiger partial charge is 0.396 e. The van der Waals surface area contributed by atoms with Gasteiger partial charge in [-0.3, -0.25) is 4.79 Å². The lowest BCUT2D eigenvalue weighted by Crippen LogP contribution is -2.33. The van der Waals surface area contributed by atoms with E-state index in [9.17, 15) is 4.79 Å². The van der Waals surface area contributed by atoms with Crippen LogP contribution in [0.15, 0.2) is 0 Å². The predicted molar refractivity (Wildman–Crippen MR) is 39.5 cm³/mol. The minimum Gasteiger partial charge on any atom is -0.396 e. The van der Waals surface area contributed by atoms with Gasteiger partial charge in [0.25, 0.3) is 0 Å². The third kappa shape index (κ3) is 2.45. The molecule has 0 unspecified atom stereocenters. The van der Waals surface area contributed by atoms with Gasteiger partial charge in [0.15, 0.2) is 0 Å². The molecule has 0 atom stereocenters. The van der Waals surface area contributed by atoms with Gasteiger partial charge >= 0.3 is 0 Å². The number of carbonyl (C=O) groups excluding carboxylic acids is 1. The number of ketones is 1. The molecule has 0 amide bonds. The fourth-order valence-electron chi connectivity index (χ4n) is 0.554. The fourth-order valence-corrected chi connectivity index (χ4v) is 0.554. The third-order valence-electron chi connectivity index (χ3n) is 1.60. The van der Waals surface area contributed by atoms with E-state index in [0.29, 0.717) is 6.54 Å². The molecule has 0 aromatic carbocycles. The third-order valence-corrected chi connectivity index (χ3v) is 1.60. The Morgan fingerprint density at radius 3 is 2.40 bits per heavy atom. The van der Waals surface area contributed by atoms with Crippen molar-refractivity contribution in [2.75, 3.05) is 13.2 Å². The van der Waals surface area contributed by atoms with Crippen LogP contribution >= 0.6 is 0 Å². The zero-order valence-corrected chi connectivity index (χ0v) is 6.55. The lowest BCUT2D eigenvalue weighted by atomic mass is 9.87. The summed E-state index contributed by atoms with van der Waals surface area (Å²) in [5.74, 6) is 0.0255. The smallest absolute Gasteiger partial charge is 0.142 e. The molecule has 0 saturated heterocycles. The Balaban J connectivity index is 3.91.